The van der Waals surface area contributed by atoms with Gasteiger partial charge in [-0.1, -0.05) is 0 Å². The van der Waals surface area contributed by atoms with E-state index in [1.165, 1.54) is 24.3 Å². The molecule has 3 rings (SSSR count). The number of aliphatic hydroxyl groups is 2. The number of carbonyl (C=O) groups excluding carboxylic acids is 1. The molecule has 134 valence electrons. The summed E-state index contributed by atoms with van der Waals surface area (Å²) in [5.74, 6) is -0.437. The molecule has 1 aromatic heterocycles. The van der Waals surface area contributed by atoms with Crippen LogP contribution in [-0.2, 0) is 0 Å². The van der Waals surface area contributed by atoms with Crippen LogP contribution >= 0.6 is 0 Å². The Bertz CT molecular complexity index is 935. The largest absolute Gasteiger partial charge is 0.394 e. The number of benzene rings is 2. The number of nitro benzene ring substituents is 1. The number of nitrogens with zero attached hydrogens (tertiary/aromatic N) is 1. The summed E-state index contributed by atoms with van der Waals surface area (Å²) < 4.78 is 0. The normalized spacial score (nSPS) is 13.3. The van der Waals surface area contributed by atoms with Crippen LogP contribution in [0.5, 0.6) is 0 Å². The quantitative estimate of drug-likeness (QED) is 0.396. The lowest BCUT2D eigenvalue weighted by Gasteiger charge is -2.22. The van der Waals surface area contributed by atoms with Crippen molar-refractivity contribution in [1.82, 2.24) is 10.3 Å². The van der Waals surface area contributed by atoms with Crippen molar-refractivity contribution < 1.29 is 19.9 Å². The lowest BCUT2D eigenvalue weighted by molar-refractivity contribution is -0.384. The van der Waals surface area contributed by atoms with Gasteiger partial charge in [-0.25, -0.2) is 0 Å². The van der Waals surface area contributed by atoms with Gasteiger partial charge in [-0.2, -0.15) is 0 Å². The van der Waals surface area contributed by atoms with Gasteiger partial charge in [0, 0.05) is 34.8 Å². The molecule has 0 fully saturated rings. The predicted octanol–water partition coefficient (Wildman–Crippen LogP) is 1.90. The average Bonchev–Trinajstić information content (AvgIpc) is 3.13. The number of nitro groups is 1. The summed E-state index contributed by atoms with van der Waals surface area (Å²) in [6.07, 6.45) is 0.557. The van der Waals surface area contributed by atoms with Crippen LogP contribution in [0.25, 0.3) is 10.9 Å². The molecule has 0 bridgehead atoms. The Labute approximate surface area is 148 Å². The molecule has 0 aliphatic rings. The third-order valence-electron chi connectivity index (χ3n) is 4.16. The zero-order valence-corrected chi connectivity index (χ0v) is 13.6. The number of carbonyl (C=O) groups is 1. The summed E-state index contributed by atoms with van der Waals surface area (Å²) in [7, 11) is 0. The second kappa shape index (κ2) is 7.34. The molecule has 3 aromatic rings. The number of nitrogens with one attached hydrogen (secondary N) is 2. The highest BCUT2D eigenvalue weighted by atomic mass is 16.6. The Morgan fingerprint density at radius 2 is 1.92 bits per heavy atom. The molecule has 0 saturated heterocycles. The predicted molar refractivity (Wildman–Crippen MR) is 94.7 cm³/mol. The maximum absolute atomic E-state index is 12.4. The van der Waals surface area contributed by atoms with Gasteiger partial charge >= 0.3 is 0 Å². The molecule has 2 atom stereocenters. The molecule has 1 heterocycles. The molecular formula is C18H17N3O5. The summed E-state index contributed by atoms with van der Waals surface area (Å²) in [5.41, 5.74) is 1.54. The summed E-state index contributed by atoms with van der Waals surface area (Å²) in [4.78, 5) is 25.6. The topological polar surface area (TPSA) is 128 Å². The van der Waals surface area contributed by atoms with Crippen LogP contribution in [0, 0.1) is 10.1 Å². The van der Waals surface area contributed by atoms with Gasteiger partial charge in [0.25, 0.3) is 11.6 Å². The number of amides is 1. The summed E-state index contributed by atoms with van der Waals surface area (Å²) in [6.45, 7) is -0.490. The van der Waals surface area contributed by atoms with E-state index < -0.39 is 29.6 Å². The highest BCUT2D eigenvalue weighted by molar-refractivity contribution is 5.98. The van der Waals surface area contributed by atoms with Crippen molar-refractivity contribution >= 4 is 22.5 Å². The van der Waals surface area contributed by atoms with Gasteiger partial charge in [0.2, 0.25) is 0 Å². The van der Waals surface area contributed by atoms with Crippen LogP contribution < -0.4 is 5.32 Å². The summed E-state index contributed by atoms with van der Waals surface area (Å²) in [5, 5.41) is 34.1. The van der Waals surface area contributed by atoms with E-state index in [0.29, 0.717) is 11.1 Å². The third-order valence-corrected chi connectivity index (χ3v) is 4.16. The van der Waals surface area contributed by atoms with Gasteiger partial charge in [-0.05, 0) is 42.0 Å². The van der Waals surface area contributed by atoms with E-state index in [1.807, 2.05) is 6.07 Å². The lowest BCUT2D eigenvalue weighted by Crippen LogP contribution is -2.41. The summed E-state index contributed by atoms with van der Waals surface area (Å²) >= 11 is 0. The molecule has 0 aliphatic carbocycles. The standard InChI is InChI=1S/C18H17N3O5/c22-10-16(17(23)11-1-4-14(5-2-11)21(25)26)20-18(24)13-3-6-15-12(9-13)7-8-19-15/h1-9,16-17,19,22-23H,10H2,(H,20,24). The minimum Gasteiger partial charge on any atom is -0.394 e. The SMILES string of the molecule is O=C(NC(CO)C(O)c1ccc([N+](=O)[O-])cc1)c1ccc2[nH]ccc2c1. The number of rotatable bonds is 6. The first-order valence-electron chi connectivity index (χ1n) is 7.91. The first kappa shape index (κ1) is 17.6. The Hall–Kier alpha value is -3.23. The number of aromatic nitrogens is 1. The van der Waals surface area contributed by atoms with Crippen molar-refractivity contribution in [3.05, 3.63) is 76.0 Å². The second-order valence-electron chi connectivity index (χ2n) is 5.84. The van der Waals surface area contributed by atoms with Gasteiger partial charge in [-0.15, -0.1) is 0 Å². The molecular weight excluding hydrogens is 338 g/mol. The molecule has 4 N–H and O–H groups in total. The minimum absolute atomic E-state index is 0.106. The van der Waals surface area contributed by atoms with E-state index in [9.17, 15) is 25.1 Å². The first-order chi connectivity index (χ1) is 12.5. The fourth-order valence-electron chi connectivity index (χ4n) is 2.70. The Morgan fingerprint density at radius 1 is 1.19 bits per heavy atom. The van der Waals surface area contributed by atoms with E-state index >= 15 is 0 Å². The van der Waals surface area contributed by atoms with Gasteiger partial charge in [-0.3, -0.25) is 14.9 Å². The van der Waals surface area contributed by atoms with Crippen LogP contribution in [0.4, 0.5) is 5.69 Å². The van der Waals surface area contributed by atoms with Gasteiger partial charge in [0.1, 0.15) is 6.10 Å². The molecule has 26 heavy (non-hydrogen) atoms. The van der Waals surface area contributed by atoms with Gasteiger partial charge < -0.3 is 20.5 Å². The monoisotopic (exact) mass is 355 g/mol. The van der Waals surface area contributed by atoms with Crippen molar-refractivity contribution in [2.45, 2.75) is 12.1 Å². The Kier molecular flexibility index (Phi) is 4.97. The number of aromatic amines is 1. The van der Waals surface area contributed by atoms with Crippen LogP contribution in [0.1, 0.15) is 22.0 Å². The number of non-ortho nitro benzene ring substituents is 1. The summed E-state index contributed by atoms with van der Waals surface area (Å²) in [6, 6.07) is 11.3. The number of H-pyrrole nitrogens is 1. The van der Waals surface area contributed by atoms with E-state index in [2.05, 4.69) is 10.3 Å². The molecule has 1 amide bonds. The minimum atomic E-state index is -1.21. The van der Waals surface area contributed by atoms with Crippen molar-refractivity contribution in [3.8, 4) is 0 Å². The van der Waals surface area contributed by atoms with Gasteiger partial charge in [0.15, 0.2) is 0 Å². The van der Waals surface area contributed by atoms with E-state index in [4.69, 9.17) is 0 Å². The zero-order valence-electron chi connectivity index (χ0n) is 13.6. The highest BCUT2D eigenvalue weighted by Gasteiger charge is 2.23. The third kappa shape index (κ3) is 3.56. The molecule has 0 radical (unpaired) electrons. The van der Waals surface area contributed by atoms with Crippen molar-refractivity contribution in [1.29, 1.82) is 0 Å². The average molecular weight is 355 g/mol. The van der Waals surface area contributed by atoms with Crippen molar-refractivity contribution in [3.63, 3.8) is 0 Å². The van der Waals surface area contributed by atoms with Gasteiger partial charge in [0.05, 0.1) is 17.6 Å². The Balaban J connectivity index is 1.74. The number of aliphatic hydroxyl groups excluding tert-OH is 2. The smallest absolute Gasteiger partial charge is 0.269 e. The molecule has 2 aromatic carbocycles. The molecule has 0 spiro atoms. The zero-order chi connectivity index (χ0) is 18.7. The molecule has 8 nitrogen and oxygen atoms in total. The van der Waals surface area contributed by atoms with E-state index in [0.717, 1.165) is 10.9 Å². The molecule has 2 unspecified atom stereocenters. The van der Waals surface area contributed by atoms with Crippen LogP contribution in [0.2, 0.25) is 0 Å². The maximum Gasteiger partial charge on any atom is 0.269 e. The van der Waals surface area contributed by atoms with Crippen molar-refractivity contribution in [2.24, 2.45) is 0 Å². The van der Waals surface area contributed by atoms with Crippen molar-refractivity contribution in [2.75, 3.05) is 6.61 Å². The lowest BCUT2D eigenvalue weighted by atomic mass is 10.0. The molecule has 0 saturated carbocycles. The highest BCUT2D eigenvalue weighted by Crippen LogP contribution is 2.21. The number of hydrogen-bond acceptors (Lipinski definition) is 5. The fourth-order valence-corrected chi connectivity index (χ4v) is 2.70. The fraction of sp³-hybridized carbons (Fsp3) is 0.167. The van der Waals surface area contributed by atoms with E-state index in [1.54, 1.807) is 24.4 Å². The van der Waals surface area contributed by atoms with Crippen LogP contribution in [0.3, 0.4) is 0 Å². The maximum atomic E-state index is 12.4. The molecule has 8 heteroatoms. The van der Waals surface area contributed by atoms with E-state index in [-0.39, 0.29) is 5.69 Å². The number of hydrogen-bond donors (Lipinski definition) is 4. The molecule has 0 aliphatic heterocycles. The van der Waals surface area contributed by atoms with Crippen LogP contribution in [0.15, 0.2) is 54.7 Å². The first-order valence-corrected chi connectivity index (χ1v) is 7.91. The van der Waals surface area contributed by atoms with Crippen LogP contribution in [-0.4, -0.2) is 38.7 Å². The second-order valence-corrected chi connectivity index (χ2v) is 5.84. The Morgan fingerprint density at radius 3 is 2.58 bits per heavy atom. The number of fused-ring (bicyclic) bond motifs is 1.